The average molecular weight is 386 g/mol. The van der Waals surface area contributed by atoms with Gasteiger partial charge in [0.15, 0.2) is 0 Å². The van der Waals surface area contributed by atoms with Crippen LogP contribution >= 0.6 is 0 Å². The van der Waals surface area contributed by atoms with Gasteiger partial charge in [-0.05, 0) is 48.8 Å². The summed E-state index contributed by atoms with van der Waals surface area (Å²) in [6.07, 6.45) is 8.03. The number of piperidine rings is 2. The van der Waals surface area contributed by atoms with Gasteiger partial charge in [0.1, 0.15) is 0 Å². The zero-order valence-corrected chi connectivity index (χ0v) is 16.5. The van der Waals surface area contributed by atoms with Gasteiger partial charge in [0.05, 0.1) is 13.2 Å². The number of urea groups is 1. The summed E-state index contributed by atoms with van der Waals surface area (Å²) in [5.41, 5.74) is 1.39. The summed E-state index contributed by atoms with van der Waals surface area (Å²) in [5.74, 6) is 0.270. The van der Waals surface area contributed by atoms with E-state index in [1.807, 2.05) is 26.8 Å². The van der Waals surface area contributed by atoms with E-state index in [2.05, 4.69) is 4.98 Å². The van der Waals surface area contributed by atoms with E-state index >= 15 is 0 Å². The molecule has 0 bridgehead atoms. The van der Waals surface area contributed by atoms with Crippen LogP contribution in [0.2, 0.25) is 0 Å². The predicted molar refractivity (Wildman–Crippen MR) is 105 cm³/mol. The van der Waals surface area contributed by atoms with Crippen LogP contribution in [0.5, 0.6) is 0 Å². The van der Waals surface area contributed by atoms with Crippen molar-refractivity contribution in [3.8, 4) is 0 Å². The first-order valence-electron chi connectivity index (χ1n) is 10.4. The Balaban J connectivity index is 1.31. The minimum Gasteiger partial charge on any atom is -0.378 e. The third-order valence-electron chi connectivity index (χ3n) is 6.54. The third kappa shape index (κ3) is 4.29. The first-order chi connectivity index (χ1) is 13.7. The van der Waals surface area contributed by atoms with Gasteiger partial charge < -0.3 is 19.4 Å². The maximum atomic E-state index is 12.7. The molecule has 152 valence electrons. The smallest absolute Gasteiger partial charge is 0.320 e. The van der Waals surface area contributed by atoms with Crippen LogP contribution in [-0.4, -0.2) is 84.1 Å². The summed E-state index contributed by atoms with van der Waals surface area (Å²) in [5, 5.41) is 0. The Morgan fingerprint density at radius 1 is 1.04 bits per heavy atom. The fraction of sp³-hybridized carbons (Fsp3) is 0.667. The highest BCUT2D eigenvalue weighted by molar-refractivity contribution is 5.77. The standard InChI is InChI=1S/C21H30N4O3/c26-19-1-5-21(17-25(19)10-4-18-2-8-22-9-3-18)6-11-23(12-7-21)20(27)24-13-15-28-16-14-24/h2-3,8-9H,1,4-7,10-17H2. The van der Waals surface area contributed by atoms with E-state index < -0.39 is 0 Å². The van der Waals surface area contributed by atoms with Crippen molar-refractivity contribution < 1.29 is 14.3 Å². The fourth-order valence-corrected chi connectivity index (χ4v) is 4.65. The van der Waals surface area contributed by atoms with Gasteiger partial charge in [-0.15, -0.1) is 0 Å². The maximum absolute atomic E-state index is 12.7. The third-order valence-corrected chi connectivity index (χ3v) is 6.54. The van der Waals surface area contributed by atoms with E-state index in [0.29, 0.717) is 32.7 Å². The normalized spacial score (nSPS) is 22.6. The molecular formula is C21H30N4O3. The van der Waals surface area contributed by atoms with Crippen molar-refractivity contribution in [2.24, 2.45) is 5.41 Å². The van der Waals surface area contributed by atoms with Crippen molar-refractivity contribution in [3.63, 3.8) is 0 Å². The summed E-state index contributed by atoms with van der Waals surface area (Å²) >= 11 is 0. The first kappa shape index (κ1) is 19.2. The van der Waals surface area contributed by atoms with Gasteiger partial charge in [0.2, 0.25) is 5.91 Å². The van der Waals surface area contributed by atoms with Crippen LogP contribution in [0.4, 0.5) is 4.79 Å². The summed E-state index contributed by atoms with van der Waals surface area (Å²) < 4.78 is 5.35. The second-order valence-corrected chi connectivity index (χ2v) is 8.29. The number of nitrogens with zero attached hydrogens (tertiary/aromatic N) is 4. The Morgan fingerprint density at radius 2 is 1.71 bits per heavy atom. The van der Waals surface area contributed by atoms with Crippen LogP contribution in [0.3, 0.4) is 0 Å². The maximum Gasteiger partial charge on any atom is 0.320 e. The lowest BCUT2D eigenvalue weighted by Gasteiger charge is -2.48. The molecule has 1 aromatic heterocycles. The molecule has 28 heavy (non-hydrogen) atoms. The summed E-state index contributed by atoms with van der Waals surface area (Å²) in [4.78, 5) is 35.2. The molecular weight excluding hydrogens is 356 g/mol. The highest BCUT2D eigenvalue weighted by Gasteiger charge is 2.42. The van der Waals surface area contributed by atoms with Crippen molar-refractivity contribution in [1.82, 2.24) is 19.7 Å². The van der Waals surface area contributed by atoms with Gasteiger partial charge >= 0.3 is 6.03 Å². The molecule has 0 saturated carbocycles. The molecule has 3 fully saturated rings. The van der Waals surface area contributed by atoms with Crippen LogP contribution in [-0.2, 0) is 16.0 Å². The molecule has 0 radical (unpaired) electrons. The SMILES string of the molecule is O=C1CCC2(CCN(C(=O)N3CCOCC3)CC2)CN1CCc1ccncc1. The van der Waals surface area contributed by atoms with Crippen LogP contribution in [0.1, 0.15) is 31.2 Å². The molecule has 0 aromatic carbocycles. The van der Waals surface area contributed by atoms with Crippen molar-refractivity contribution in [2.45, 2.75) is 32.1 Å². The van der Waals surface area contributed by atoms with Crippen molar-refractivity contribution in [1.29, 1.82) is 0 Å². The lowest BCUT2D eigenvalue weighted by atomic mass is 9.72. The van der Waals surface area contributed by atoms with Crippen molar-refractivity contribution in [3.05, 3.63) is 30.1 Å². The monoisotopic (exact) mass is 386 g/mol. The van der Waals surface area contributed by atoms with Gasteiger partial charge in [-0.2, -0.15) is 0 Å². The lowest BCUT2D eigenvalue weighted by molar-refractivity contribution is -0.138. The summed E-state index contributed by atoms with van der Waals surface area (Å²) in [7, 11) is 0. The van der Waals surface area contributed by atoms with Crippen LogP contribution in [0.25, 0.3) is 0 Å². The van der Waals surface area contributed by atoms with Crippen molar-refractivity contribution >= 4 is 11.9 Å². The Kier molecular flexibility index (Phi) is 5.80. The number of amides is 3. The topological polar surface area (TPSA) is 66.0 Å². The average Bonchev–Trinajstić information content (AvgIpc) is 2.76. The minimum absolute atomic E-state index is 0.152. The van der Waals surface area contributed by atoms with Gasteiger partial charge in [-0.3, -0.25) is 9.78 Å². The number of likely N-dealkylation sites (tertiary alicyclic amines) is 2. The molecule has 0 aliphatic carbocycles. The van der Waals surface area contributed by atoms with E-state index in [9.17, 15) is 9.59 Å². The molecule has 3 aliphatic heterocycles. The van der Waals surface area contributed by atoms with Gasteiger partial charge in [0.25, 0.3) is 0 Å². The molecule has 3 saturated heterocycles. The fourth-order valence-electron chi connectivity index (χ4n) is 4.65. The second kappa shape index (κ2) is 8.47. The van der Waals surface area contributed by atoms with Gasteiger partial charge in [0, 0.05) is 58.1 Å². The molecule has 3 aliphatic rings. The zero-order chi connectivity index (χ0) is 19.4. The summed E-state index contributed by atoms with van der Waals surface area (Å²) in [6, 6.07) is 4.18. The second-order valence-electron chi connectivity index (χ2n) is 8.29. The van der Waals surface area contributed by atoms with E-state index in [4.69, 9.17) is 4.74 Å². The molecule has 4 rings (SSSR count). The molecule has 1 aromatic rings. The van der Waals surface area contributed by atoms with Crippen LogP contribution < -0.4 is 0 Å². The number of pyridine rings is 1. The number of carbonyl (C=O) groups excluding carboxylic acids is 2. The molecule has 7 heteroatoms. The Labute approximate surface area is 166 Å². The van der Waals surface area contributed by atoms with Crippen LogP contribution in [0, 0.1) is 5.41 Å². The number of hydrogen-bond donors (Lipinski definition) is 0. The molecule has 7 nitrogen and oxygen atoms in total. The molecule has 0 N–H and O–H groups in total. The number of morpholine rings is 1. The number of ether oxygens (including phenoxy) is 1. The Morgan fingerprint density at radius 3 is 2.43 bits per heavy atom. The lowest BCUT2D eigenvalue weighted by Crippen LogP contribution is -2.55. The molecule has 3 amide bonds. The number of rotatable bonds is 3. The highest BCUT2D eigenvalue weighted by Crippen LogP contribution is 2.40. The molecule has 4 heterocycles. The van der Waals surface area contributed by atoms with Gasteiger partial charge in [-0.25, -0.2) is 4.79 Å². The van der Waals surface area contributed by atoms with Crippen LogP contribution in [0.15, 0.2) is 24.5 Å². The molecule has 1 spiro atoms. The largest absolute Gasteiger partial charge is 0.378 e. The predicted octanol–water partition coefficient (Wildman–Crippen LogP) is 1.78. The quantitative estimate of drug-likeness (QED) is 0.794. The number of aromatic nitrogens is 1. The van der Waals surface area contributed by atoms with E-state index in [1.54, 1.807) is 12.4 Å². The van der Waals surface area contributed by atoms with E-state index in [0.717, 1.165) is 51.9 Å². The first-order valence-corrected chi connectivity index (χ1v) is 10.4. The van der Waals surface area contributed by atoms with E-state index in [1.165, 1.54) is 5.56 Å². The Hall–Kier alpha value is -2.15. The Bertz CT molecular complexity index is 682. The minimum atomic E-state index is 0.152. The van der Waals surface area contributed by atoms with Gasteiger partial charge in [-0.1, -0.05) is 0 Å². The van der Waals surface area contributed by atoms with E-state index in [-0.39, 0.29) is 17.4 Å². The number of hydrogen-bond acceptors (Lipinski definition) is 4. The molecule has 0 atom stereocenters. The molecule has 0 unspecified atom stereocenters. The zero-order valence-electron chi connectivity index (χ0n) is 16.5. The summed E-state index contributed by atoms with van der Waals surface area (Å²) in [6.45, 7) is 5.84. The van der Waals surface area contributed by atoms with Crippen molar-refractivity contribution in [2.75, 3.05) is 52.5 Å². The highest BCUT2D eigenvalue weighted by atomic mass is 16.5. The number of carbonyl (C=O) groups is 2.